The van der Waals surface area contributed by atoms with E-state index in [9.17, 15) is 26.4 Å². The third-order valence-electron chi connectivity index (χ3n) is 4.87. The molecule has 0 bridgehead atoms. The molecule has 4 rings (SSSR count). The van der Waals surface area contributed by atoms with Gasteiger partial charge in [0, 0.05) is 11.3 Å². The summed E-state index contributed by atoms with van der Waals surface area (Å²) in [6, 6.07) is 8.48. The second-order valence-electron chi connectivity index (χ2n) is 7.19. The van der Waals surface area contributed by atoms with Gasteiger partial charge in [-0.3, -0.25) is 9.80 Å². The van der Waals surface area contributed by atoms with E-state index in [-0.39, 0.29) is 33.7 Å². The lowest BCUT2D eigenvalue weighted by Gasteiger charge is -2.36. The summed E-state index contributed by atoms with van der Waals surface area (Å²) in [6.45, 7) is 0.914. The van der Waals surface area contributed by atoms with Crippen molar-refractivity contribution in [2.24, 2.45) is 5.14 Å². The predicted octanol–water partition coefficient (Wildman–Crippen LogP) is 3.83. The van der Waals surface area contributed by atoms with Crippen LogP contribution >= 0.6 is 11.3 Å². The number of thiazole rings is 1. The molecule has 168 valence electrons. The molecule has 1 aliphatic rings. The van der Waals surface area contributed by atoms with Crippen molar-refractivity contribution in [1.82, 2.24) is 4.98 Å². The second-order valence-corrected chi connectivity index (χ2v) is 9.92. The molecule has 2 heterocycles. The Bertz CT molecular complexity index is 1300. The number of aryl methyl sites for hydroxylation is 1. The Morgan fingerprint density at radius 2 is 1.75 bits per heavy atom. The molecule has 1 saturated heterocycles. The van der Waals surface area contributed by atoms with Gasteiger partial charge in [-0.25, -0.2) is 36.5 Å². The SMILES string of the molecule is Cc1nc(N2CC(F)CN(c3ccc(-c4cc(F)ccc4F)cc3)C2=O)sc1S(N)(=O)=O. The summed E-state index contributed by atoms with van der Waals surface area (Å²) in [4.78, 5) is 19.4. The fraction of sp³-hybridized carbons (Fsp3) is 0.200. The van der Waals surface area contributed by atoms with E-state index in [0.717, 1.165) is 23.1 Å². The smallest absolute Gasteiger partial charge is 0.291 e. The summed E-state index contributed by atoms with van der Waals surface area (Å²) in [5, 5.41) is 5.18. The average molecular weight is 483 g/mol. The van der Waals surface area contributed by atoms with Crippen LogP contribution in [-0.4, -0.2) is 38.7 Å². The van der Waals surface area contributed by atoms with Crippen molar-refractivity contribution in [3.05, 3.63) is 59.8 Å². The molecule has 0 spiro atoms. The summed E-state index contributed by atoms with van der Waals surface area (Å²) in [7, 11) is -4.03. The molecule has 0 radical (unpaired) electrons. The Morgan fingerprint density at radius 1 is 1.09 bits per heavy atom. The molecule has 32 heavy (non-hydrogen) atoms. The maximum atomic E-state index is 14.5. The molecule has 2 aromatic carbocycles. The van der Waals surface area contributed by atoms with E-state index >= 15 is 0 Å². The summed E-state index contributed by atoms with van der Waals surface area (Å²) >= 11 is 0.689. The van der Waals surface area contributed by atoms with Crippen molar-refractivity contribution >= 4 is 38.2 Å². The number of alkyl halides is 1. The predicted molar refractivity (Wildman–Crippen MR) is 115 cm³/mol. The Labute approximate surface area is 186 Å². The van der Waals surface area contributed by atoms with Gasteiger partial charge in [0.05, 0.1) is 18.8 Å². The molecular formula is C20H17F3N4O3S2. The summed E-state index contributed by atoms with van der Waals surface area (Å²) in [5.74, 6) is -1.20. The number of amides is 2. The zero-order chi connectivity index (χ0) is 23.2. The van der Waals surface area contributed by atoms with Crippen LogP contribution in [-0.2, 0) is 10.0 Å². The van der Waals surface area contributed by atoms with Crippen molar-refractivity contribution in [3.8, 4) is 11.1 Å². The number of carbonyl (C=O) groups excluding carboxylic acids is 1. The number of nitrogens with two attached hydrogens (primary N) is 1. The van der Waals surface area contributed by atoms with Crippen molar-refractivity contribution < 1.29 is 26.4 Å². The number of carbonyl (C=O) groups is 1. The van der Waals surface area contributed by atoms with E-state index in [1.54, 1.807) is 0 Å². The minimum absolute atomic E-state index is 0.0160. The highest BCUT2D eigenvalue weighted by Gasteiger charge is 2.36. The number of nitrogens with zero attached hydrogens (tertiary/aromatic N) is 3. The largest absolute Gasteiger partial charge is 0.330 e. The zero-order valence-electron chi connectivity index (χ0n) is 16.6. The van der Waals surface area contributed by atoms with E-state index in [4.69, 9.17) is 5.14 Å². The topological polar surface area (TPSA) is 96.6 Å². The number of urea groups is 1. The highest BCUT2D eigenvalue weighted by Crippen LogP contribution is 2.33. The number of hydrogen-bond acceptors (Lipinski definition) is 5. The average Bonchev–Trinajstić information content (AvgIpc) is 3.13. The van der Waals surface area contributed by atoms with Gasteiger partial charge < -0.3 is 0 Å². The van der Waals surface area contributed by atoms with Crippen LogP contribution in [0.15, 0.2) is 46.7 Å². The maximum Gasteiger partial charge on any atom is 0.330 e. The maximum absolute atomic E-state index is 14.5. The molecule has 0 saturated carbocycles. The summed E-state index contributed by atoms with van der Waals surface area (Å²) < 4.78 is 65.2. The minimum atomic E-state index is -4.03. The number of aromatic nitrogens is 1. The first-order valence-corrected chi connectivity index (χ1v) is 11.7. The first-order valence-electron chi connectivity index (χ1n) is 9.33. The van der Waals surface area contributed by atoms with Gasteiger partial charge in [0.15, 0.2) is 9.34 Å². The van der Waals surface area contributed by atoms with Gasteiger partial charge in [-0.05, 0) is 42.8 Å². The molecule has 7 nitrogen and oxygen atoms in total. The first kappa shape index (κ1) is 22.2. The number of anilines is 2. The molecule has 2 N–H and O–H groups in total. The van der Waals surface area contributed by atoms with Gasteiger partial charge in [-0.15, -0.1) is 0 Å². The van der Waals surface area contributed by atoms with Crippen LogP contribution in [0.3, 0.4) is 0 Å². The quantitative estimate of drug-likeness (QED) is 0.611. The van der Waals surface area contributed by atoms with Crippen molar-refractivity contribution in [2.45, 2.75) is 17.3 Å². The molecule has 1 aliphatic heterocycles. The Hall–Kier alpha value is -2.96. The normalized spacial score (nSPS) is 17.2. The third kappa shape index (κ3) is 4.20. The van der Waals surface area contributed by atoms with E-state index < -0.39 is 33.9 Å². The molecule has 1 fully saturated rings. The van der Waals surface area contributed by atoms with Crippen LogP contribution in [0, 0.1) is 18.6 Å². The number of primary sulfonamides is 1. The first-order chi connectivity index (χ1) is 15.0. The van der Waals surface area contributed by atoms with Crippen LogP contribution in [0.2, 0.25) is 0 Å². The Kier molecular flexibility index (Phi) is 5.69. The molecule has 0 aliphatic carbocycles. The molecule has 12 heteroatoms. The zero-order valence-corrected chi connectivity index (χ0v) is 18.3. The summed E-state index contributed by atoms with van der Waals surface area (Å²) in [5.41, 5.74) is 0.898. The number of benzene rings is 2. The van der Waals surface area contributed by atoms with E-state index in [1.807, 2.05) is 0 Å². The third-order valence-corrected chi connectivity index (χ3v) is 7.61. The van der Waals surface area contributed by atoms with Crippen LogP contribution in [0.1, 0.15) is 5.69 Å². The van der Waals surface area contributed by atoms with Crippen molar-refractivity contribution in [3.63, 3.8) is 0 Å². The van der Waals surface area contributed by atoms with Gasteiger partial charge in [-0.2, -0.15) is 0 Å². The molecule has 1 aromatic heterocycles. The van der Waals surface area contributed by atoms with Gasteiger partial charge in [-0.1, -0.05) is 23.5 Å². The lowest BCUT2D eigenvalue weighted by molar-refractivity contribution is 0.236. The fourth-order valence-corrected chi connectivity index (χ4v) is 5.37. The van der Waals surface area contributed by atoms with E-state index in [2.05, 4.69) is 4.98 Å². The lowest BCUT2D eigenvalue weighted by atomic mass is 10.0. The molecular weight excluding hydrogens is 465 g/mol. The minimum Gasteiger partial charge on any atom is -0.291 e. The monoisotopic (exact) mass is 482 g/mol. The van der Waals surface area contributed by atoms with Crippen molar-refractivity contribution in [2.75, 3.05) is 22.9 Å². The van der Waals surface area contributed by atoms with Crippen LogP contribution in [0.25, 0.3) is 11.1 Å². The molecule has 1 atom stereocenters. The van der Waals surface area contributed by atoms with Gasteiger partial charge >= 0.3 is 6.03 Å². The number of sulfonamides is 1. The van der Waals surface area contributed by atoms with E-state index in [1.165, 1.54) is 36.1 Å². The highest BCUT2D eigenvalue weighted by atomic mass is 32.2. The molecule has 3 aromatic rings. The Balaban J connectivity index is 1.64. The number of rotatable bonds is 4. The fourth-order valence-electron chi connectivity index (χ4n) is 3.42. The van der Waals surface area contributed by atoms with Gasteiger partial charge in [0.2, 0.25) is 10.0 Å². The van der Waals surface area contributed by atoms with Crippen LogP contribution in [0.4, 0.5) is 28.8 Å². The lowest BCUT2D eigenvalue weighted by Crippen LogP contribution is -2.55. The van der Waals surface area contributed by atoms with Crippen LogP contribution < -0.4 is 14.9 Å². The standard InChI is InChI=1S/C20H17F3N4O3S2/c1-11-18(32(24,29)30)31-19(25-11)27-10-14(22)9-26(20(27)28)15-5-2-12(3-6-15)16-8-13(21)4-7-17(16)23/h2-8,14H,9-10H2,1H3,(H2,24,29,30). The van der Waals surface area contributed by atoms with Gasteiger partial charge in [0.1, 0.15) is 17.8 Å². The van der Waals surface area contributed by atoms with Crippen LogP contribution in [0.5, 0.6) is 0 Å². The van der Waals surface area contributed by atoms with Crippen molar-refractivity contribution in [1.29, 1.82) is 0 Å². The van der Waals surface area contributed by atoms with E-state index in [0.29, 0.717) is 22.6 Å². The number of hydrogen-bond donors (Lipinski definition) is 1. The molecule has 1 unspecified atom stereocenters. The highest BCUT2D eigenvalue weighted by molar-refractivity contribution is 7.91. The second kappa shape index (κ2) is 8.19. The number of halogens is 3. The Morgan fingerprint density at radius 3 is 2.38 bits per heavy atom. The molecule has 2 amide bonds. The summed E-state index contributed by atoms with van der Waals surface area (Å²) in [6.07, 6.45) is -1.44. The van der Waals surface area contributed by atoms with Gasteiger partial charge in [0.25, 0.3) is 0 Å².